The van der Waals surface area contributed by atoms with Gasteiger partial charge in [0, 0.05) is 11.3 Å². The highest BCUT2D eigenvalue weighted by molar-refractivity contribution is 8.04. The van der Waals surface area contributed by atoms with Gasteiger partial charge in [-0.2, -0.15) is 0 Å². The van der Waals surface area contributed by atoms with E-state index in [-0.39, 0.29) is 0 Å². The van der Waals surface area contributed by atoms with Crippen LogP contribution in [0.15, 0.2) is 45.7 Å². The quantitative estimate of drug-likeness (QED) is 0.751. The molecular formula is C13H14OS. The molecule has 2 heteroatoms. The lowest BCUT2D eigenvalue weighted by molar-refractivity contribution is -0.115. The molecule has 1 aromatic carbocycles. The molecule has 0 bridgehead atoms. The van der Waals surface area contributed by atoms with E-state index in [2.05, 4.69) is 6.92 Å². The molecule has 0 atom stereocenters. The number of ketones is 1. The summed E-state index contributed by atoms with van der Waals surface area (Å²) in [5.41, 5.74) is 1.25. The summed E-state index contributed by atoms with van der Waals surface area (Å²) in [5.74, 6) is 0.313. The molecule has 0 unspecified atom stereocenters. The van der Waals surface area contributed by atoms with Crippen LogP contribution >= 0.6 is 11.8 Å². The molecule has 0 heterocycles. The van der Waals surface area contributed by atoms with E-state index >= 15 is 0 Å². The summed E-state index contributed by atoms with van der Waals surface area (Å²) in [6.07, 6.45) is 2.80. The number of rotatable bonds is 2. The molecule has 0 radical (unpaired) electrons. The number of carbonyl (C=O) groups is 1. The third-order valence-electron chi connectivity index (χ3n) is 2.56. The van der Waals surface area contributed by atoms with Gasteiger partial charge in [-0.05, 0) is 31.9 Å². The van der Waals surface area contributed by atoms with Crippen LogP contribution in [0.4, 0.5) is 0 Å². The van der Waals surface area contributed by atoms with Gasteiger partial charge in [-0.15, -0.1) is 0 Å². The van der Waals surface area contributed by atoms with Gasteiger partial charge < -0.3 is 0 Å². The van der Waals surface area contributed by atoms with Gasteiger partial charge in [-0.25, -0.2) is 0 Å². The van der Waals surface area contributed by atoms with E-state index in [0.717, 1.165) is 22.6 Å². The van der Waals surface area contributed by atoms with Gasteiger partial charge >= 0.3 is 0 Å². The van der Waals surface area contributed by atoms with Crippen LogP contribution in [0, 0.1) is 0 Å². The van der Waals surface area contributed by atoms with Crippen molar-refractivity contribution in [1.82, 2.24) is 0 Å². The third kappa shape index (κ3) is 2.51. The number of carbonyl (C=O) groups excluding carboxylic acids is 1. The minimum Gasteiger partial charge on any atom is -0.294 e. The second kappa shape index (κ2) is 4.67. The topological polar surface area (TPSA) is 17.1 Å². The van der Waals surface area contributed by atoms with Crippen molar-refractivity contribution in [1.29, 1.82) is 0 Å². The van der Waals surface area contributed by atoms with E-state index in [1.54, 1.807) is 11.8 Å². The van der Waals surface area contributed by atoms with E-state index in [9.17, 15) is 4.79 Å². The number of Topliss-reactive ketones (excluding diaryl/α,β-unsaturated/α-hetero) is 1. The Bertz CT molecular complexity index is 392. The van der Waals surface area contributed by atoms with E-state index in [4.69, 9.17) is 0 Å². The molecule has 0 spiro atoms. The van der Waals surface area contributed by atoms with E-state index in [1.807, 2.05) is 30.3 Å². The summed E-state index contributed by atoms with van der Waals surface area (Å²) >= 11 is 1.61. The first-order valence-corrected chi connectivity index (χ1v) is 6.05. The lowest BCUT2D eigenvalue weighted by atomic mass is 10.00. The summed E-state index contributed by atoms with van der Waals surface area (Å²) in [5, 5.41) is 0. The Morgan fingerprint density at radius 2 is 1.87 bits per heavy atom. The number of hydrogen-bond acceptors (Lipinski definition) is 2. The minimum absolute atomic E-state index is 0.313. The van der Waals surface area contributed by atoms with Crippen molar-refractivity contribution in [3.8, 4) is 0 Å². The standard InChI is InChI=1S/C13H14OS/c1-10-6-5-9-12(14)13(10)15-11-7-3-2-4-8-11/h2-4,7-8H,5-6,9H2,1H3. The monoisotopic (exact) mass is 218 g/mol. The maximum absolute atomic E-state index is 11.7. The smallest absolute Gasteiger partial charge is 0.169 e. The van der Waals surface area contributed by atoms with Crippen LogP contribution in [0.25, 0.3) is 0 Å². The molecule has 1 aromatic rings. The minimum atomic E-state index is 0.313. The lowest BCUT2D eigenvalue weighted by Gasteiger charge is -2.15. The van der Waals surface area contributed by atoms with Crippen LogP contribution in [-0.2, 0) is 4.79 Å². The molecule has 1 aliphatic carbocycles. The maximum atomic E-state index is 11.7. The second-order valence-electron chi connectivity index (χ2n) is 3.80. The average Bonchev–Trinajstić information content (AvgIpc) is 2.25. The Morgan fingerprint density at radius 3 is 2.53 bits per heavy atom. The van der Waals surface area contributed by atoms with Crippen molar-refractivity contribution in [2.45, 2.75) is 31.1 Å². The molecule has 1 aliphatic rings. The molecule has 78 valence electrons. The van der Waals surface area contributed by atoms with E-state index < -0.39 is 0 Å². The Labute approximate surface area is 94.6 Å². The Morgan fingerprint density at radius 1 is 1.13 bits per heavy atom. The van der Waals surface area contributed by atoms with Crippen LogP contribution in [-0.4, -0.2) is 5.78 Å². The highest BCUT2D eigenvalue weighted by Crippen LogP contribution is 2.34. The Hall–Kier alpha value is -1.02. The Balaban J connectivity index is 2.21. The number of benzene rings is 1. The summed E-state index contributed by atoms with van der Waals surface area (Å²) in [4.78, 5) is 13.9. The molecule has 0 saturated heterocycles. The van der Waals surface area contributed by atoms with Crippen LogP contribution in [0.3, 0.4) is 0 Å². The third-order valence-corrected chi connectivity index (χ3v) is 3.85. The highest BCUT2D eigenvalue weighted by Gasteiger charge is 2.18. The summed E-state index contributed by atoms with van der Waals surface area (Å²) in [6.45, 7) is 2.07. The SMILES string of the molecule is CC1=C(Sc2ccccc2)C(=O)CCC1. The van der Waals surface area contributed by atoms with Crippen molar-refractivity contribution in [2.75, 3.05) is 0 Å². The summed E-state index contributed by atoms with van der Waals surface area (Å²) < 4.78 is 0. The molecule has 15 heavy (non-hydrogen) atoms. The van der Waals surface area contributed by atoms with E-state index in [1.165, 1.54) is 5.57 Å². The summed E-state index contributed by atoms with van der Waals surface area (Å²) in [6, 6.07) is 10.1. The average molecular weight is 218 g/mol. The molecule has 0 fully saturated rings. The normalized spacial score (nSPS) is 17.0. The van der Waals surface area contributed by atoms with Crippen LogP contribution < -0.4 is 0 Å². The first kappa shape index (κ1) is 10.5. The first-order chi connectivity index (χ1) is 7.27. The van der Waals surface area contributed by atoms with Crippen molar-refractivity contribution in [3.05, 3.63) is 40.8 Å². The molecule has 0 N–H and O–H groups in total. The van der Waals surface area contributed by atoms with Gasteiger partial charge in [0.05, 0.1) is 4.91 Å². The zero-order chi connectivity index (χ0) is 10.7. The molecule has 0 aromatic heterocycles. The number of hydrogen-bond donors (Lipinski definition) is 0. The van der Waals surface area contributed by atoms with Crippen LogP contribution in [0.5, 0.6) is 0 Å². The Kier molecular flexibility index (Phi) is 3.27. The van der Waals surface area contributed by atoms with Crippen molar-refractivity contribution < 1.29 is 4.79 Å². The zero-order valence-corrected chi connectivity index (χ0v) is 9.64. The second-order valence-corrected chi connectivity index (χ2v) is 4.89. The predicted octanol–water partition coefficient (Wildman–Crippen LogP) is 3.81. The molecule has 0 amide bonds. The van der Waals surface area contributed by atoms with Crippen LogP contribution in [0.2, 0.25) is 0 Å². The fourth-order valence-corrected chi connectivity index (χ4v) is 2.75. The maximum Gasteiger partial charge on any atom is 0.169 e. The fraction of sp³-hybridized carbons (Fsp3) is 0.308. The number of allylic oxidation sites excluding steroid dienone is 2. The molecule has 0 aliphatic heterocycles. The fourth-order valence-electron chi connectivity index (χ4n) is 1.73. The highest BCUT2D eigenvalue weighted by atomic mass is 32.2. The van der Waals surface area contributed by atoms with Gasteiger partial charge in [-0.3, -0.25) is 4.79 Å². The van der Waals surface area contributed by atoms with Gasteiger partial charge in [0.2, 0.25) is 0 Å². The van der Waals surface area contributed by atoms with Crippen LogP contribution in [0.1, 0.15) is 26.2 Å². The largest absolute Gasteiger partial charge is 0.294 e. The number of thioether (sulfide) groups is 1. The first-order valence-electron chi connectivity index (χ1n) is 5.23. The van der Waals surface area contributed by atoms with E-state index in [0.29, 0.717) is 12.2 Å². The molecule has 1 nitrogen and oxygen atoms in total. The van der Waals surface area contributed by atoms with Crippen molar-refractivity contribution in [2.24, 2.45) is 0 Å². The zero-order valence-electron chi connectivity index (χ0n) is 8.82. The molecule has 0 saturated carbocycles. The lowest BCUT2D eigenvalue weighted by Crippen LogP contribution is -2.07. The summed E-state index contributed by atoms with van der Waals surface area (Å²) in [7, 11) is 0. The molecular weight excluding hydrogens is 204 g/mol. The van der Waals surface area contributed by atoms with Gasteiger partial charge in [0.1, 0.15) is 0 Å². The van der Waals surface area contributed by atoms with Gasteiger partial charge in [-0.1, -0.05) is 35.5 Å². The predicted molar refractivity (Wildman–Crippen MR) is 63.9 cm³/mol. The van der Waals surface area contributed by atoms with Crippen molar-refractivity contribution >= 4 is 17.5 Å². The molecule has 2 rings (SSSR count). The van der Waals surface area contributed by atoms with Crippen molar-refractivity contribution in [3.63, 3.8) is 0 Å². The van der Waals surface area contributed by atoms with Gasteiger partial charge in [0.25, 0.3) is 0 Å². The van der Waals surface area contributed by atoms with Gasteiger partial charge in [0.15, 0.2) is 5.78 Å².